The average molecular weight is 311 g/mol. The number of aliphatic carboxylic acids is 1. The number of nitrogens with one attached hydrogen (secondary N) is 1. The van der Waals surface area contributed by atoms with Crippen LogP contribution in [0.5, 0.6) is 5.75 Å². The van der Waals surface area contributed by atoms with Crippen LogP contribution in [-0.4, -0.2) is 28.6 Å². The largest absolute Gasteiger partial charge is 0.480 e. The van der Waals surface area contributed by atoms with Gasteiger partial charge in [0.1, 0.15) is 17.6 Å². The highest BCUT2D eigenvalue weighted by Crippen LogP contribution is 2.19. The SMILES string of the molecule is CCCCC(NC(=O)C(C)(C)Oc1ccc(F)cc1)C(=O)O. The fraction of sp³-hybridized carbons (Fsp3) is 0.500. The van der Waals surface area contributed by atoms with Crippen molar-refractivity contribution >= 4 is 11.9 Å². The molecular weight excluding hydrogens is 289 g/mol. The van der Waals surface area contributed by atoms with Gasteiger partial charge in [0, 0.05) is 0 Å². The van der Waals surface area contributed by atoms with E-state index >= 15 is 0 Å². The minimum atomic E-state index is -1.27. The molecule has 0 aliphatic carbocycles. The number of hydrogen-bond acceptors (Lipinski definition) is 3. The van der Waals surface area contributed by atoms with Gasteiger partial charge in [0.05, 0.1) is 0 Å². The maximum atomic E-state index is 12.9. The van der Waals surface area contributed by atoms with E-state index in [9.17, 15) is 14.0 Å². The highest BCUT2D eigenvalue weighted by molar-refractivity contribution is 5.88. The van der Waals surface area contributed by atoms with Gasteiger partial charge in [0.15, 0.2) is 5.60 Å². The number of rotatable bonds is 8. The van der Waals surface area contributed by atoms with Crippen LogP contribution in [0.4, 0.5) is 4.39 Å². The lowest BCUT2D eigenvalue weighted by Gasteiger charge is -2.27. The molecular formula is C16H22FNO4. The highest BCUT2D eigenvalue weighted by atomic mass is 19.1. The van der Waals surface area contributed by atoms with Gasteiger partial charge < -0.3 is 15.2 Å². The average Bonchev–Trinajstić information content (AvgIpc) is 2.45. The summed E-state index contributed by atoms with van der Waals surface area (Å²) < 4.78 is 18.4. The Bertz CT molecular complexity index is 513. The smallest absolute Gasteiger partial charge is 0.326 e. The van der Waals surface area contributed by atoms with Gasteiger partial charge >= 0.3 is 5.97 Å². The number of carboxylic acids is 1. The Kier molecular flexibility index (Phi) is 6.34. The van der Waals surface area contributed by atoms with Crippen molar-refractivity contribution in [2.45, 2.75) is 51.7 Å². The molecule has 0 aliphatic heterocycles. The van der Waals surface area contributed by atoms with Crippen LogP contribution in [0, 0.1) is 5.82 Å². The molecule has 0 heterocycles. The lowest BCUT2D eigenvalue weighted by Crippen LogP contribution is -2.52. The normalized spacial score (nSPS) is 12.5. The highest BCUT2D eigenvalue weighted by Gasteiger charge is 2.33. The van der Waals surface area contributed by atoms with Crippen LogP contribution in [0.1, 0.15) is 40.0 Å². The summed E-state index contributed by atoms with van der Waals surface area (Å²) >= 11 is 0. The van der Waals surface area contributed by atoms with E-state index in [4.69, 9.17) is 9.84 Å². The van der Waals surface area contributed by atoms with E-state index in [0.29, 0.717) is 18.6 Å². The van der Waals surface area contributed by atoms with Crippen LogP contribution in [0.3, 0.4) is 0 Å². The number of carbonyl (C=O) groups excluding carboxylic acids is 1. The molecule has 0 aromatic heterocycles. The molecule has 22 heavy (non-hydrogen) atoms. The monoisotopic (exact) mass is 311 g/mol. The first kappa shape index (κ1) is 17.9. The maximum absolute atomic E-state index is 12.9. The fourth-order valence-corrected chi connectivity index (χ4v) is 1.84. The zero-order valence-corrected chi connectivity index (χ0v) is 13.1. The van der Waals surface area contributed by atoms with Crippen LogP contribution < -0.4 is 10.1 Å². The van der Waals surface area contributed by atoms with E-state index in [0.717, 1.165) is 6.42 Å². The molecule has 2 N–H and O–H groups in total. The summed E-state index contributed by atoms with van der Waals surface area (Å²) in [6.07, 6.45) is 1.91. The summed E-state index contributed by atoms with van der Waals surface area (Å²) in [6.45, 7) is 5.01. The van der Waals surface area contributed by atoms with Gasteiger partial charge in [-0.3, -0.25) is 4.79 Å². The van der Waals surface area contributed by atoms with Gasteiger partial charge in [-0.1, -0.05) is 19.8 Å². The Balaban J connectivity index is 2.71. The molecule has 1 unspecified atom stereocenters. The van der Waals surface area contributed by atoms with E-state index in [2.05, 4.69) is 5.32 Å². The molecule has 0 fully saturated rings. The van der Waals surface area contributed by atoms with Crippen molar-refractivity contribution in [3.63, 3.8) is 0 Å². The second-order valence-electron chi connectivity index (χ2n) is 5.57. The molecule has 5 nitrogen and oxygen atoms in total. The van der Waals surface area contributed by atoms with Gasteiger partial charge in [-0.25, -0.2) is 9.18 Å². The lowest BCUT2D eigenvalue weighted by atomic mass is 10.1. The number of amides is 1. The van der Waals surface area contributed by atoms with Crippen molar-refractivity contribution in [2.75, 3.05) is 0 Å². The van der Waals surface area contributed by atoms with Crippen LogP contribution in [0.2, 0.25) is 0 Å². The van der Waals surface area contributed by atoms with E-state index in [-0.39, 0.29) is 0 Å². The summed E-state index contributed by atoms with van der Waals surface area (Å²) in [5, 5.41) is 11.6. The van der Waals surface area contributed by atoms with Crippen molar-refractivity contribution in [1.29, 1.82) is 0 Å². The van der Waals surface area contributed by atoms with Crippen molar-refractivity contribution in [3.05, 3.63) is 30.1 Å². The zero-order valence-electron chi connectivity index (χ0n) is 13.1. The second-order valence-corrected chi connectivity index (χ2v) is 5.57. The predicted molar refractivity (Wildman–Crippen MR) is 80.2 cm³/mol. The Labute approximate surface area is 129 Å². The van der Waals surface area contributed by atoms with Gasteiger partial charge in [-0.15, -0.1) is 0 Å². The minimum absolute atomic E-state index is 0.335. The van der Waals surface area contributed by atoms with E-state index < -0.39 is 29.3 Å². The molecule has 0 spiro atoms. The molecule has 1 aromatic carbocycles. The number of unbranched alkanes of at least 4 members (excludes halogenated alkanes) is 1. The summed E-state index contributed by atoms with van der Waals surface area (Å²) in [5.41, 5.74) is -1.27. The number of hydrogen-bond donors (Lipinski definition) is 2. The number of carboxylic acid groups (broad SMARTS) is 1. The first-order valence-electron chi connectivity index (χ1n) is 7.24. The van der Waals surface area contributed by atoms with Crippen LogP contribution >= 0.6 is 0 Å². The number of carbonyl (C=O) groups is 2. The quantitative estimate of drug-likeness (QED) is 0.774. The Morgan fingerprint density at radius 3 is 2.41 bits per heavy atom. The van der Waals surface area contributed by atoms with Gasteiger partial charge in [0.2, 0.25) is 0 Å². The van der Waals surface area contributed by atoms with Gasteiger partial charge in [-0.05, 0) is 44.5 Å². The van der Waals surface area contributed by atoms with E-state index in [1.807, 2.05) is 6.92 Å². The molecule has 6 heteroatoms. The van der Waals surface area contributed by atoms with Crippen LogP contribution in [-0.2, 0) is 9.59 Å². The van der Waals surface area contributed by atoms with Crippen LogP contribution in [0.15, 0.2) is 24.3 Å². The number of ether oxygens (including phenoxy) is 1. The summed E-state index contributed by atoms with van der Waals surface area (Å²) in [5.74, 6) is -1.66. The first-order valence-corrected chi connectivity index (χ1v) is 7.24. The van der Waals surface area contributed by atoms with Crippen molar-refractivity contribution < 1.29 is 23.8 Å². The molecule has 1 aromatic rings. The summed E-state index contributed by atoms with van der Waals surface area (Å²) in [4.78, 5) is 23.4. The Hall–Kier alpha value is -2.11. The van der Waals surface area contributed by atoms with Gasteiger partial charge in [-0.2, -0.15) is 0 Å². The molecule has 1 amide bonds. The summed E-state index contributed by atoms with van der Waals surface area (Å²) in [7, 11) is 0. The van der Waals surface area contributed by atoms with E-state index in [1.54, 1.807) is 0 Å². The topological polar surface area (TPSA) is 75.6 Å². The maximum Gasteiger partial charge on any atom is 0.326 e. The molecule has 0 bridgehead atoms. The Morgan fingerprint density at radius 1 is 1.32 bits per heavy atom. The fourth-order valence-electron chi connectivity index (χ4n) is 1.84. The second kappa shape index (κ2) is 7.77. The minimum Gasteiger partial charge on any atom is -0.480 e. The van der Waals surface area contributed by atoms with E-state index in [1.165, 1.54) is 38.1 Å². The molecule has 0 saturated heterocycles. The zero-order chi connectivity index (χ0) is 16.8. The number of halogens is 1. The molecule has 0 radical (unpaired) electrons. The third kappa shape index (κ3) is 5.35. The van der Waals surface area contributed by atoms with Crippen molar-refractivity contribution in [2.24, 2.45) is 0 Å². The standard InChI is InChI=1S/C16H22FNO4/c1-4-5-6-13(14(19)20)18-15(21)16(2,3)22-12-9-7-11(17)8-10-12/h7-10,13H,4-6H2,1-3H3,(H,18,21)(H,19,20). The summed E-state index contributed by atoms with van der Waals surface area (Å²) in [6, 6.07) is 4.34. The van der Waals surface area contributed by atoms with Crippen molar-refractivity contribution in [1.82, 2.24) is 5.32 Å². The molecule has 1 rings (SSSR count). The van der Waals surface area contributed by atoms with Crippen LogP contribution in [0.25, 0.3) is 0 Å². The molecule has 0 aliphatic rings. The van der Waals surface area contributed by atoms with Gasteiger partial charge in [0.25, 0.3) is 5.91 Å². The molecule has 0 saturated carbocycles. The third-order valence-electron chi connectivity index (χ3n) is 3.18. The number of benzene rings is 1. The third-order valence-corrected chi connectivity index (χ3v) is 3.18. The first-order chi connectivity index (χ1) is 10.3. The predicted octanol–water partition coefficient (Wildman–Crippen LogP) is 2.74. The Morgan fingerprint density at radius 2 is 1.91 bits per heavy atom. The molecule has 1 atom stereocenters. The van der Waals surface area contributed by atoms with Crippen molar-refractivity contribution in [3.8, 4) is 5.75 Å². The molecule has 122 valence electrons. The lowest BCUT2D eigenvalue weighted by molar-refractivity contribution is -0.145.